The highest BCUT2D eigenvalue weighted by molar-refractivity contribution is 5.83. The minimum absolute atomic E-state index is 0.0670. The Bertz CT molecular complexity index is 489. The van der Waals surface area contributed by atoms with E-state index in [1.54, 1.807) is 0 Å². The summed E-state index contributed by atoms with van der Waals surface area (Å²) in [6.07, 6.45) is 0.925. The highest BCUT2D eigenvalue weighted by Gasteiger charge is 2.15. The number of benzene rings is 2. The Hall–Kier alpha value is -1.38. The number of fused-ring (bicyclic) bond motifs is 1. The van der Waals surface area contributed by atoms with Gasteiger partial charge in [0.15, 0.2) is 0 Å². The number of hydrazine groups is 1. The molecule has 0 fully saturated rings. The molecule has 0 unspecified atom stereocenters. The molecule has 84 valence electrons. The lowest BCUT2D eigenvalue weighted by molar-refractivity contribution is 0.396. The molecule has 2 aromatic carbocycles. The van der Waals surface area contributed by atoms with Gasteiger partial charge in [-0.25, -0.2) is 0 Å². The van der Waals surface area contributed by atoms with Crippen LogP contribution in [0.15, 0.2) is 42.5 Å². The van der Waals surface area contributed by atoms with Gasteiger partial charge in [-0.15, -0.1) is 0 Å². The molecular formula is C14H18N2. The summed E-state index contributed by atoms with van der Waals surface area (Å²) >= 11 is 0. The second-order valence-electron chi connectivity index (χ2n) is 4.89. The van der Waals surface area contributed by atoms with Gasteiger partial charge in [0.25, 0.3) is 0 Å². The van der Waals surface area contributed by atoms with Crippen LogP contribution < -0.4 is 11.3 Å². The van der Waals surface area contributed by atoms with Crippen molar-refractivity contribution in [2.75, 3.05) is 0 Å². The minimum atomic E-state index is -0.0670. The SMILES string of the molecule is CC(C)(Cc1ccc2ccccc2c1)NN. The molecule has 16 heavy (non-hydrogen) atoms. The Labute approximate surface area is 96.4 Å². The highest BCUT2D eigenvalue weighted by Crippen LogP contribution is 2.18. The van der Waals surface area contributed by atoms with Crippen LogP contribution in [0.4, 0.5) is 0 Å². The molecule has 2 rings (SSSR count). The molecule has 0 saturated heterocycles. The summed E-state index contributed by atoms with van der Waals surface area (Å²) in [6, 6.07) is 15.0. The normalized spacial score (nSPS) is 11.9. The standard InChI is InChI=1S/C14H18N2/c1-14(2,16-15)10-11-7-8-12-5-3-4-6-13(12)9-11/h3-9,16H,10,15H2,1-2H3. The first-order valence-electron chi connectivity index (χ1n) is 5.56. The first kappa shape index (κ1) is 11.1. The average molecular weight is 214 g/mol. The van der Waals surface area contributed by atoms with Crippen molar-refractivity contribution in [1.29, 1.82) is 0 Å². The maximum atomic E-state index is 5.52. The van der Waals surface area contributed by atoms with Gasteiger partial charge in [0.05, 0.1) is 0 Å². The number of hydrogen-bond acceptors (Lipinski definition) is 2. The van der Waals surface area contributed by atoms with Crippen LogP contribution in [0.2, 0.25) is 0 Å². The number of nitrogens with one attached hydrogen (secondary N) is 1. The third-order valence-corrected chi connectivity index (χ3v) is 2.85. The Morgan fingerprint density at radius 1 is 1.06 bits per heavy atom. The van der Waals surface area contributed by atoms with E-state index in [1.165, 1.54) is 16.3 Å². The Morgan fingerprint density at radius 3 is 2.44 bits per heavy atom. The van der Waals surface area contributed by atoms with E-state index in [1.807, 2.05) is 0 Å². The summed E-state index contributed by atoms with van der Waals surface area (Å²) in [4.78, 5) is 0. The molecule has 0 heterocycles. The summed E-state index contributed by atoms with van der Waals surface area (Å²) in [5, 5.41) is 2.57. The first-order chi connectivity index (χ1) is 7.61. The number of hydrogen-bond donors (Lipinski definition) is 2. The summed E-state index contributed by atoms with van der Waals surface area (Å²) in [6.45, 7) is 4.20. The average Bonchev–Trinajstić information content (AvgIpc) is 2.28. The molecule has 0 saturated carbocycles. The van der Waals surface area contributed by atoms with E-state index in [-0.39, 0.29) is 5.54 Å². The van der Waals surface area contributed by atoms with Gasteiger partial charge in [-0.3, -0.25) is 11.3 Å². The van der Waals surface area contributed by atoms with E-state index in [2.05, 4.69) is 61.7 Å². The van der Waals surface area contributed by atoms with E-state index in [0.29, 0.717) is 0 Å². The third-order valence-electron chi connectivity index (χ3n) is 2.85. The fourth-order valence-corrected chi connectivity index (χ4v) is 1.91. The van der Waals surface area contributed by atoms with Crippen molar-refractivity contribution in [3.8, 4) is 0 Å². The van der Waals surface area contributed by atoms with Gasteiger partial charge in [0.2, 0.25) is 0 Å². The van der Waals surface area contributed by atoms with Gasteiger partial charge in [0.1, 0.15) is 0 Å². The molecule has 0 spiro atoms. The molecular weight excluding hydrogens is 196 g/mol. The van der Waals surface area contributed by atoms with Gasteiger partial charge < -0.3 is 0 Å². The van der Waals surface area contributed by atoms with E-state index >= 15 is 0 Å². The van der Waals surface area contributed by atoms with Crippen LogP contribution in [0, 0.1) is 0 Å². The molecule has 0 aliphatic heterocycles. The van der Waals surface area contributed by atoms with Crippen molar-refractivity contribution in [2.45, 2.75) is 25.8 Å². The summed E-state index contributed by atoms with van der Waals surface area (Å²) in [5.41, 5.74) is 4.08. The molecule has 0 aliphatic rings. The van der Waals surface area contributed by atoms with Crippen molar-refractivity contribution >= 4 is 10.8 Å². The van der Waals surface area contributed by atoms with E-state index < -0.39 is 0 Å². The second-order valence-corrected chi connectivity index (χ2v) is 4.89. The molecule has 0 aliphatic carbocycles. The van der Waals surface area contributed by atoms with Crippen molar-refractivity contribution in [3.05, 3.63) is 48.0 Å². The van der Waals surface area contributed by atoms with Gasteiger partial charge >= 0.3 is 0 Å². The van der Waals surface area contributed by atoms with Gasteiger partial charge in [-0.1, -0.05) is 42.5 Å². The van der Waals surface area contributed by atoms with Gasteiger partial charge in [0, 0.05) is 5.54 Å². The molecule has 0 amide bonds. The Balaban J connectivity index is 2.33. The largest absolute Gasteiger partial charge is 0.271 e. The molecule has 0 aromatic heterocycles. The van der Waals surface area contributed by atoms with Crippen molar-refractivity contribution in [3.63, 3.8) is 0 Å². The summed E-state index contributed by atoms with van der Waals surface area (Å²) < 4.78 is 0. The zero-order valence-electron chi connectivity index (χ0n) is 9.83. The lowest BCUT2D eigenvalue weighted by atomic mass is 9.94. The van der Waals surface area contributed by atoms with Gasteiger partial charge in [-0.05, 0) is 36.6 Å². The quantitative estimate of drug-likeness (QED) is 0.609. The van der Waals surface area contributed by atoms with E-state index in [0.717, 1.165) is 6.42 Å². The van der Waals surface area contributed by atoms with E-state index in [9.17, 15) is 0 Å². The fourth-order valence-electron chi connectivity index (χ4n) is 1.91. The fraction of sp³-hybridized carbons (Fsp3) is 0.286. The number of nitrogens with two attached hydrogens (primary N) is 1. The smallest absolute Gasteiger partial charge is 0.0305 e. The zero-order chi connectivity index (χ0) is 11.6. The second kappa shape index (κ2) is 4.24. The van der Waals surface area contributed by atoms with Crippen molar-refractivity contribution < 1.29 is 0 Å². The summed E-state index contributed by atoms with van der Waals surface area (Å²) in [7, 11) is 0. The monoisotopic (exact) mass is 214 g/mol. The first-order valence-corrected chi connectivity index (χ1v) is 5.56. The third kappa shape index (κ3) is 2.40. The molecule has 3 N–H and O–H groups in total. The lowest BCUT2D eigenvalue weighted by Crippen LogP contribution is -2.45. The van der Waals surface area contributed by atoms with Crippen molar-refractivity contribution in [2.24, 2.45) is 5.84 Å². The number of rotatable bonds is 3. The molecule has 0 atom stereocenters. The Morgan fingerprint density at radius 2 is 1.75 bits per heavy atom. The molecule has 2 nitrogen and oxygen atoms in total. The van der Waals surface area contributed by atoms with Crippen LogP contribution in [0.5, 0.6) is 0 Å². The van der Waals surface area contributed by atoms with E-state index in [4.69, 9.17) is 5.84 Å². The van der Waals surface area contributed by atoms with Crippen LogP contribution in [-0.4, -0.2) is 5.54 Å². The predicted octanol–water partition coefficient (Wildman–Crippen LogP) is 2.62. The minimum Gasteiger partial charge on any atom is -0.271 e. The predicted molar refractivity (Wildman–Crippen MR) is 69.1 cm³/mol. The lowest BCUT2D eigenvalue weighted by Gasteiger charge is -2.23. The topological polar surface area (TPSA) is 38.0 Å². The molecule has 2 heteroatoms. The summed E-state index contributed by atoms with van der Waals surface area (Å²) in [5.74, 6) is 5.52. The Kier molecular flexibility index (Phi) is 2.95. The van der Waals surface area contributed by atoms with Crippen LogP contribution >= 0.6 is 0 Å². The van der Waals surface area contributed by atoms with Crippen LogP contribution in [0.25, 0.3) is 10.8 Å². The maximum Gasteiger partial charge on any atom is 0.0305 e. The van der Waals surface area contributed by atoms with Gasteiger partial charge in [-0.2, -0.15) is 0 Å². The molecule has 0 bridgehead atoms. The molecule has 2 aromatic rings. The van der Waals surface area contributed by atoms with Crippen LogP contribution in [0.3, 0.4) is 0 Å². The molecule has 0 radical (unpaired) electrons. The van der Waals surface area contributed by atoms with Crippen LogP contribution in [-0.2, 0) is 6.42 Å². The van der Waals surface area contributed by atoms with Crippen LogP contribution in [0.1, 0.15) is 19.4 Å². The highest BCUT2D eigenvalue weighted by atomic mass is 15.3. The zero-order valence-corrected chi connectivity index (χ0v) is 9.83. The maximum absolute atomic E-state index is 5.52. The van der Waals surface area contributed by atoms with Crippen molar-refractivity contribution in [1.82, 2.24) is 5.43 Å².